The molecule has 0 unspecified atom stereocenters. The van der Waals surface area contributed by atoms with E-state index in [2.05, 4.69) is 22.7 Å². The van der Waals surface area contributed by atoms with Gasteiger partial charge in [0, 0.05) is 6.42 Å². The summed E-state index contributed by atoms with van der Waals surface area (Å²) in [5.74, 6) is 0.672. The van der Waals surface area contributed by atoms with Crippen molar-refractivity contribution in [2.75, 3.05) is 13.2 Å². The average Bonchev–Trinajstić information content (AvgIpc) is 2.52. The lowest BCUT2D eigenvalue weighted by atomic mass is 10.2. The van der Waals surface area contributed by atoms with Gasteiger partial charge in [-0.1, -0.05) is 0 Å². The number of carbonyl (C=O) groups excluding carboxylic acids is 1. The van der Waals surface area contributed by atoms with Crippen LogP contribution in [-0.2, 0) is 9.53 Å². The second-order valence-electron chi connectivity index (χ2n) is 4.77. The Bertz CT molecular complexity index is 518. The lowest BCUT2D eigenvalue weighted by Gasteiger charge is -2.06. The molecule has 0 fully saturated rings. The maximum atomic E-state index is 11.2. The van der Waals surface area contributed by atoms with Crippen LogP contribution in [-0.4, -0.2) is 30.5 Å². The van der Waals surface area contributed by atoms with Crippen molar-refractivity contribution in [3.05, 3.63) is 29.8 Å². The van der Waals surface area contributed by atoms with Gasteiger partial charge in [0.15, 0.2) is 5.11 Å². The summed E-state index contributed by atoms with van der Waals surface area (Å²) < 4.78 is 10.5. The van der Waals surface area contributed by atoms with Gasteiger partial charge in [-0.15, -0.1) is 0 Å². The van der Waals surface area contributed by atoms with Crippen LogP contribution in [0.15, 0.2) is 29.4 Å². The SMILES string of the molecule is CCOC(=O)CCCCCOc1ccc(/C=N/NC(N)=S)cc1. The van der Waals surface area contributed by atoms with E-state index in [1.807, 2.05) is 31.2 Å². The van der Waals surface area contributed by atoms with Crippen molar-refractivity contribution < 1.29 is 14.3 Å². The second-order valence-corrected chi connectivity index (χ2v) is 5.21. The first-order valence-electron chi connectivity index (χ1n) is 7.59. The summed E-state index contributed by atoms with van der Waals surface area (Å²) in [6, 6.07) is 7.53. The minimum Gasteiger partial charge on any atom is -0.494 e. The first kappa shape index (κ1) is 18.9. The van der Waals surface area contributed by atoms with E-state index in [-0.39, 0.29) is 11.1 Å². The highest BCUT2D eigenvalue weighted by atomic mass is 32.1. The van der Waals surface area contributed by atoms with Gasteiger partial charge in [-0.3, -0.25) is 10.2 Å². The van der Waals surface area contributed by atoms with Gasteiger partial charge in [-0.2, -0.15) is 5.10 Å². The quantitative estimate of drug-likeness (QED) is 0.224. The summed E-state index contributed by atoms with van der Waals surface area (Å²) in [4.78, 5) is 11.2. The molecule has 0 spiro atoms. The van der Waals surface area contributed by atoms with Gasteiger partial charge in [0.1, 0.15) is 5.75 Å². The number of carbonyl (C=O) groups is 1. The van der Waals surface area contributed by atoms with Gasteiger partial charge in [0.25, 0.3) is 0 Å². The molecule has 0 aliphatic rings. The highest BCUT2D eigenvalue weighted by Crippen LogP contribution is 2.12. The van der Waals surface area contributed by atoms with Gasteiger partial charge in [0.2, 0.25) is 0 Å². The Morgan fingerprint density at radius 2 is 2.04 bits per heavy atom. The largest absolute Gasteiger partial charge is 0.494 e. The van der Waals surface area contributed by atoms with E-state index < -0.39 is 0 Å². The standard InChI is InChI=1S/C16H23N3O3S/c1-2-21-15(20)6-4-3-5-11-22-14-9-7-13(8-10-14)12-18-19-16(17)23/h7-10,12H,2-6,11H2,1H3,(H3,17,19,23)/b18-12+. The van der Waals surface area contributed by atoms with Gasteiger partial charge in [-0.25, -0.2) is 0 Å². The van der Waals surface area contributed by atoms with Crippen LogP contribution in [0.2, 0.25) is 0 Å². The molecule has 0 amide bonds. The van der Waals surface area contributed by atoms with Crippen molar-refractivity contribution in [2.24, 2.45) is 10.8 Å². The van der Waals surface area contributed by atoms with Crippen LogP contribution in [0.4, 0.5) is 0 Å². The number of nitrogens with two attached hydrogens (primary N) is 1. The second kappa shape index (κ2) is 11.4. The molecule has 7 heteroatoms. The summed E-state index contributed by atoms with van der Waals surface area (Å²) in [7, 11) is 0. The summed E-state index contributed by atoms with van der Waals surface area (Å²) in [5.41, 5.74) is 8.67. The molecule has 0 atom stereocenters. The smallest absolute Gasteiger partial charge is 0.305 e. The number of nitrogens with one attached hydrogen (secondary N) is 1. The van der Waals surface area contributed by atoms with Gasteiger partial charge < -0.3 is 15.2 Å². The van der Waals surface area contributed by atoms with Crippen molar-refractivity contribution in [2.45, 2.75) is 32.6 Å². The van der Waals surface area contributed by atoms with E-state index in [1.165, 1.54) is 0 Å². The normalized spacial score (nSPS) is 10.5. The molecule has 0 saturated carbocycles. The summed E-state index contributed by atoms with van der Waals surface area (Å²) in [6.07, 6.45) is 4.77. The molecule has 3 N–H and O–H groups in total. The van der Waals surface area contributed by atoms with Crippen molar-refractivity contribution >= 4 is 29.5 Å². The third kappa shape index (κ3) is 9.46. The molecule has 23 heavy (non-hydrogen) atoms. The summed E-state index contributed by atoms with van der Waals surface area (Å²) >= 11 is 4.64. The molecular weight excluding hydrogens is 314 g/mol. The third-order valence-electron chi connectivity index (χ3n) is 2.87. The number of hydrogen-bond acceptors (Lipinski definition) is 5. The van der Waals surface area contributed by atoms with Crippen LogP contribution in [0.25, 0.3) is 0 Å². The van der Waals surface area contributed by atoms with Crippen LogP contribution in [0.5, 0.6) is 5.75 Å². The first-order chi connectivity index (χ1) is 11.1. The number of benzene rings is 1. The maximum absolute atomic E-state index is 11.2. The fourth-order valence-electron chi connectivity index (χ4n) is 1.79. The van der Waals surface area contributed by atoms with Gasteiger partial charge in [-0.05, 0) is 68.2 Å². The molecule has 0 saturated heterocycles. The lowest BCUT2D eigenvalue weighted by molar-refractivity contribution is -0.143. The number of ether oxygens (including phenoxy) is 2. The number of unbranched alkanes of at least 4 members (excludes halogenated alkanes) is 2. The number of esters is 1. The van der Waals surface area contributed by atoms with Crippen LogP contribution in [0, 0.1) is 0 Å². The molecule has 0 aromatic heterocycles. The Kier molecular flexibility index (Phi) is 9.38. The fraction of sp³-hybridized carbons (Fsp3) is 0.438. The predicted octanol–water partition coefficient (Wildman–Crippen LogP) is 2.36. The molecule has 0 heterocycles. The maximum Gasteiger partial charge on any atom is 0.305 e. The Hall–Kier alpha value is -2.15. The molecule has 126 valence electrons. The minimum absolute atomic E-state index is 0.129. The van der Waals surface area contributed by atoms with E-state index in [4.69, 9.17) is 15.2 Å². The van der Waals surface area contributed by atoms with E-state index in [0.717, 1.165) is 30.6 Å². The Labute approximate surface area is 142 Å². The van der Waals surface area contributed by atoms with E-state index >= 15 is 0 Å². The first-order valence-corrected chi connectivity index (χ1v) is 7.99. The lowest BCUT2D eigenvalue weighted by Crippen LogP contribution is -2.23. The van der Waals surface area contributed by atoms with Crippen molar-refractivity contribution in [1.29, 1.82) is 0 Å². The highest BCUT2D eigenvalue weighted by molar-refractivity contribution is 7.80. The minimum atomic E-state index is -0.129. The van der Waals surface area contributed by atoms with Crippen molar-refractivity contribution in [1.82, 2.24) is 5.43 Å². The Balaban J connectivity index is 2.17. The van der Waals surface area contributed by atoms with E-state index in [0.29, 0.717) is 19.6 Å². The highest BCUT2D eigenvalue weighted by Gasteiger charge is 2.01. The van der Waals surface area contributed by atoms with Gasteiger partial charge in [0.05, 0.1) is 19.4 Å². The topological polar surface area (TPSA) is 85.9 Å². The van der Waals surface area contributed by atoms with Crippen LogP contribution >= 0.6 is 12.2 Å². The number of rotatable bonds is 10. The van der Waals surface area contributed by atoms with Crippen LogP contribution < -0.4 is 15.9 Å². The zero-order chi connectivity index (χ0) is 16.9. The molecule has 0 aliphatic carbocycles. The average molecular weight is 337 g/mol. The summed E-state index contributed by atoms with van der Waals surface area (Å²) in [5, 5.41) is 4.00. The van der Waals surface area contributed by atoms with Crippen molar-refractivity contribution in [3.63, 3.8) is 0 Å². The number of hydrazone groups is 1. The van der Waals surface area contributed by atoms with Crippen molar-refractivity contribution in [3.8, 4) is 5.75 Å². The van der Waals surface area contributed by atoms with E-state index in [1.54, 1.807) is 6.21 Å². The number of thiocarbonyl (C=S) groups is 1. The molecule has 0 bridgehead atoms. The zero-order valence-electron chi connectivity index (χ0n) is 13.3. The molecule has 1 aromatic rings. The zero-order valence-corrected chi connectivity index (χ0v) is 14.1. The van der Waals surface area contributed by atoms with E-state index in [9.17, 15) is 4.79 Å². The predicted molar refractivity (Wildman–Crippen MR) is 94.6 cm³/mol. The number of nitrogens with zero attached hydrogens (tertiary/aromatic N) is 1. The molecular formula is C16H23N3O3S. The molecule has 1 rings (SSSR count). The fourth-order valence-corrected chi connectivity index (χ4v) is 1.84. The van der Waals surface area contributed by atoms with Gasteiger partial charge >= 0.3 is 5.97 Å². The van der Waals surface area contributed by atoms with Crippen LogP contribution in [0.3, 0.4) is 0 Å². The number of hydrogen-bond donors (Lipinski definition) is 2. The van der Waals surface area contributed by atoms with Crippen LogP contribution in [0.1, 0.15) is 38.2 Å². The molecule has 6 nitrogen and oxygen atoms in total. The molecule has 1 aromatic carbocycles. The molecule has 0 radical (unpaired) electrons. The third-order valence-corrected chi connectivity index (χ3v) is 2.96. The summed E-state index contributed by atoms with van der Waals surface area (Å²) in [6.45, 7) is 2.88. The Morgan fingerprint density at radius 3 is 2.70 bits per heavy atom. The Morgan fingerprint density at radius 1 is 1.30 bits per heavy atom. The molecule has 0 aliphatic heterocycles. The monoisotopic (exact) mass is 337 g/mol.